The molecule has 1 aliphatic carbocycles. The van der Waals surface area contributed by atoms with Crippen LogP contribution in [0.4, 0.5) is 0 Å². The number of ether oxygens (including phenoxy) is 1. The molecule has 2 nitrogen and oxygen atoms in total. The van der Waals surface area contributed by atoms with E-state index in [2.05, 4.69) is 0 Å². The second-order valence-electron chi connectivity index (χ2n) is 5.60. The highest BCUT2D eigenvalue weighted by Gasteiger charge is 2.14. The maximum Gasteiger partial charge on any atom is 0.200 e. The molecule has 0 saturated carbocycles. The highest BCUT2D eigenvalue weighted by atomic mass is 35.5. The summed E-state index contributed by atoms with van der Waals surface area (Å²) in [7, 11) is 0. The first-order chi connectivity index (χ1) is 11.0. The fourth-order valence-corrected chi connectivity index (χ4v) is 3.34. The van der Waals surface area contributed by atoms with Gasteiger partial charge in [0.1, 0.15) is 5.75 Å². The van der Waals surface area contributed by atoms with E-state index in [1.807, 2.05) is 18.2 Å². The van der Waals surface area contributed by atoms with Gasteiger partial charge in [-0.05, 0) is 48.9 Å². The molecule has 0 fully saturated rings. The molecule has 0 radical (unpaired) electrons. The fraction of sp³-hybridized carbons (Fsp3) is 0.278. The van der Waals surface area contributed by atoms with Crippen LogP contribution in [0.2, 0.25) is 15.1 Å². The number of fused-ring (bicyclic) bond motifs is 1. The molecule has 0 bridgehead atoms. The van der Waals surface area contributed by atoms with Gasteiger partial charge >= 0.3 is 0 Å². The quantitative estimate of drug-likeness (QED) is 0.504. The average molecular weight is 370 g/mol. The Morgan fingerprint density at radius 3 is 2.39 bits per heavy atom. The number of Topliss-reactive ketones (excluding diaryl/α,β-unsaturated/α-hetero) is 1. The molecular weight excluding hydrogens is 355 g/mol. The Kier molecular flexibility index (Phi) is 5.15. The van der Waals surface area contributed by atoms with Gasteiger partial charge in [-0.25, -0.2) is 0 Å². The topological polar surface area (TPSA) is 26.3 Å². The molecular formula is C18H15Cl3O2. The van der Waals surface area contributed by atoms with E-state index in [9.17, 15) is 4.79 Å². The average Bonchev–Trinajstić information content (AvgIpc) is 2.56. The van der Waals surface area contributed by atoms with E-state index in [0.29, 0.717) is 26.4 Å². The third-order valence-electron chi connectivity index (χ3n) is 4.00. The van der Waals surface area contributed by atoms with Gasteiger partial charge in [0, 0.05) is 11.6 Å². The van der Waals surface area contributed by atoms with Crippen molar-refractivity contribution in [3.63, 3.8) is 0 Å². The minimum absolute atomic E-state index is 0.0829. The van der Waals surface area contributed by atoms with Gasteiger partial charge in [0.2, 0.25) is 0 Å². The second kappa shape index (κ2) is 7.12. The lowest BCUT2D eigenvalue weighted by atomic mass is 9.90. The summed E-state index contributed by atoms with van der Waals surface area (Å²) >= 11 is 17.9. The summed E-state index contributed by atoms with van der Waals surface area (Å²) in [6.45, 7) is -0.0868. The van der Waals surface area contributed by atoms with Crippen LogP contribution in [0.1, 0.15) is 34.3 Å². The molecule has 0 saturated heterocycles. The summed E-state index contributed by atoms with van der Waals surface area (Å²) in [5.74, 6) is 0.271. The molecule has 23 heavy (non-hydrogen) atoms. The Morgan fingerprint density at radius 2 is 1.61 bits per heavy atom. The number of halogens is 3. The first kappa shape index (κ1) is 16.6. The highest BCUT2D eigenvalue weighted by Crippen LogP contribution is 2.34. The zero-order valence-corrected chi connectivity index (χ0v) is 14.6. The van der Waals surface area contributed by atoms with Crippen LogP contribution in [-0.2, 0) is 12.8 Å². The number of benzene rings is 2. The molecule has 3 rings (SSSR count). The molecule has 0 spiro atoms. The van der Waals surface area contributed by atoms with Crippen LogP contribution in [-0.4, -0.2) is 12.4 Å². The molecule has 0 amide bonds. The molecule has 1 aliphatic rings. The van der Waals surface area contributed by atoms with E-state index in [0.717, 1.165) is 12.8 Å². The molecule has 2 aromatic rings. The Labute approximate surface area is 150 Å². The third kappa shape index (κ3) is 3.82. The number of carbonyl (C=O) groups excluding carboxylic acids is 1. The second-order valence-corrected chi connectivity index (χ2v) is 6.82. The lowest BCUT2D eigenvalue weighted by Crippen LogP contribution is -2.13. The van der Waals surface area contributed by atoms with Crippen LogP contribution < -0.4 is 4.74 Å². The Hall–Kier alpha value is -1.22. The normalized spacial score (nSPS) is 13.5. The zero-order valence-electron chi connectivity index (χ0n) is 12.4. The minimum atomic E-state index is -0.0868. The van der Waals surface area contributed by atoms with Crippen molar-refractivity contribution < 1.29 is 9.53 Å². The predicted molar refractivity (Wildman–Crippen MR) is 94.4 cm³/mol. The van der Waals surface area contributed by atoms with E-state index in [1.165, 1.54) is 36.1 Å². The van der Waals surface area contributed by atoms with Crippen molar-refractivity contribution in [1.82, 2.24) is 0 Å². The largest absolute Gasteiger partial charge is 0.484 e. The van der Waals surface area contributed by atoms with Gasteiger partial charge in [0.05, 0.1) is 15.1 Å². The van der Waals surface area contributed by atoms with Crippen LogP contribution in [0.25, 0.3) is 0 Å². The van der Waals surface area contributed by atoms with Gasteiger partial charge in [-0.3, -0.25) is 4.79 Å². The van der Waals surface area contributed by atoms with Crippen LogP contribution in [0, 0.1) is 0 Å². The molecule has 0 N–H and O–H groups in total. The van der Waals surface area contributed by atoms with E-state index < -0.39 is 0 Å². The predicted octanol–water partition coefficient (Wildman–Crippen LogP) is 5.79. The van der Waals surface area contributed by atoms with Gasteiger partial charge < -0.3 is 4.74 Å². The van der Waals surface area contributed by atoms with Crippen molar-refractivity contribution in [1.29, 1.82) is 0 Å². The number of ketones is 1. The van der Waals surface area contributed by atoms with Crippen molar-refractivity contribution in [3.05, 3.63) is 62.1 Å². The van der Waals surface area contributed by atoms with Crippen molar-refractivity contribution in [2.24, 2.45) is 0 Å². The summed E-state index contributed by atoms with van der Waals surface area (Å²) in [5, 5.41) is 1.02. The van der Waals surface area contributed by atoms with Crippen molar-refractivity contribution in [2.75, 3.05) is 6.61 Å². The summed E-state index contributed by atoms with van der Waals surface area (Å²) in [6, 6.07) is 8.92. The van der Waals surface area contributed by atoms with Crippen molar-refractivity contribution >= 4 is 40.6 Å². The maximum absolute atomic E-state index is 12.3. The Balaban J connectivity index is 1.71. The molecule has 0 heterocycles. The Morgan fingerprint density at radius 1 is 0.913 bits per heavy atom. The SMILES string of the molecule is O=C(COc1cc(Cl)c(Cl)cc1Cl)c1ccc2c(c1)CCCC2. The van der Waals surface area contributed by atoms with E-state index in [-0.39, 0.29) is 12.4 Å². The third-order valence-corrected chi connectivity index (χ3v) is 5.02. The van der Waals surface area contributed by atoms with Gasteiger partial charge in [-0.2, -0.15) is 0 Å². The lowest BCUT2D eigenvalue weighted by Gasteiger charge is -2.16. The number of rotatable bonds is 4. The van der Waals surface area contributed by atoms with E-state index in [1.54, 1.807) is 0 Å². The van der Waals surface area contributed by atoms with Crippen LogP contribution in [0.3, 0.4) is 0 Å². The van der Waals surface area contributed by atoms with Crippen LogP contribution >= 0.6 is 34.8 Å². The molecule has 120 valence electrons. The molecule has 0 aliphatic heterocycles. The van der Waals surface area contributed by atoms with Crippen molar-refractivity contribution in [2.45, 2.75) is 25.7 Å². The summed E-state index contributed by atoms with van der Waals surface area (Å²) < 4.78 is 5.51. The first-order valence-electron chi connectivity index (χ1n) is 7.47. The van der Waals surface area contributed by atoms with E-state index >= 15 is 0 Å². The smallest absolute Gasteiger partial charge is 0.200 e. The van der Waals surface area contributed by atoms with Gasteiger partial charge in [0.15, 0.2) is 12.4 Å². The standard InChI is InChI=1S/C18H15Cl3O2/c19-14-8-16(21)18(9-15(14)20)23-10-17(22)13-6-5-11-3-1-2-4-12(11)7-13/h5-9H,1-4,10H2. The molecule has 0 aromatic heterocycles. The maximum atomic E-state index is 12.3. The summed E-state index contributed by atoms with van der Waals surface area (Å²) in [6.07, 6.45) is 4.54. The van der Waals surface area contributed by atoms with Gasteiger partial charge in [-0.1, -0.05) is 46.9 Å². The number of carbonyl (C=O) groups is 1. The number of hydrogen-bond acceptors (Lipinski definition) is 2. The molecule has 5 heteroatoms. The highest BCUT2D eigenvalue weighted by molar-refractivity contribution is 6.43. The summed E-state index contributed by atoms with van der Waals surface area (Å²) in [5.41, 5.74) is 3.29. The van der Waals surface area contributed by atoms with E-state index in [4.69, 9.17) is 39.5 Å². The fourth-order valence-electron chi connectivity index (χ4n) is 2.75. The van der Waals surface area contributed by atoms with Crippen LogP contribution in [0.15, 0.2) is 30.3 Å². The molecule has 0 atom stereocenters. The number of aryl methyl sites for hydroxylation is 2. The first-order valence-corrected chi connectivity index (χ1v) is 8.60. The lowest BCUT2D eigenvalue weighted by molar-refractivity contribution is 0.0921. The Bertz CT molecular complexity index is 756. The number of hydrogen-bond donors (Lipinski definition) is 0. The monoisotopic (exact) mass is 368 g/mol. The summed E-state index contributed by atoms with van der Waals surface area (Å²) in [4.78, 5) is 12.3. The molecule has 2 aromatic carbocycles. The molecule has 0 unspecified atom stereocenters. The van der Waals surface area contributed by atoms with Gasteiger partial charge in [-0.15, -0.1) is 0 Å². The van der Waals surface area contributed by atoms with Crippen LogP contribution in [0.5, 0.6) is 5.75 Å². The minimum Gasteiger partial charge on any atom is -0.484 e. The van der Waals surface area contributed by atoms with Gasteiger partial charge in [0.25, 0.3) is 0 Å². The zero-order chi connectivity index (χ0) is 16.4. The van der Waals surface area contributed by atoms with Crippen molar-refractivity contribution in [3.8, 4) is 5.75 Å².